The summed E-state index contributed by atoms with van der Waals surface area (Å²) < 4.78 is 12.9. The third-order valence-corrected chi connectivity index (χ3v) is 4.94. The zero-order chi connectivity index (χ0) is 15.0. The van der Waals surface area contributed by atoms with Crippen molar-refractivity contribution in [2.75, 3.05) is 13.1 Å². The molecule has 114 valence electrons. The smallest absolute Gasteiger partial charge is 0.226 e. The van der Waals surface area contributed by atoms with Crippen LogP contribution in [0.2, 0.25) is 0 Å². The monoisotopic (exact) mass is 291 g/mol. The first kappa shape index (κ1) is 14.5. The molecule has 1 aliphatic carbocycles. The van der Waals surface area contributed by atoms with E-state index in [0.717, 1.165) is 37.9 Å². The Bertz CT molecular complexity index is 506. The topological polar surface area (TPSA) is 40.5 Å². The van der Waals surface area contributed by atoms with Crippen LogP contribution in [0.25, 0.3) is 0 Å². The molecule has 1 N–H and O–H groups in total. The SMILES string of the molecule is CC(O)C1CCN(C(=O)C2CC2c2ccc(F)cc2)CC1. The molecule has 0 radical (unpaired) electrons. The van der Waals surface area contributed by atoms with Gasteiger partial charge in [-0.3, -0.25) is 4.79 Å². The molecule has 0 bridgehead atoms. The van der Waals surface area contributed by atoms with Crippen LogP contribution in [0.4, 0.5) is 4.39 Å². The Morgan fingerprint density at radius 2 is 1.90 bits per heavy atom. The quantitative estimate of drug-likeness (QED) is 0.929. The van der Waals surface area contributed by atoms with E-state index in [2.05, 4.69) is 0 Å². The predicted molar refractivity (Wildman–Crippen MR) is 78.2 cm³/mol. The summed E-state index contributed by atoms with van der Waals surface area (Å²) in [5.74, 6) is 0.642. The standard InChI is InChI=1S/C17H22FNO2/c1-11(20)12-6-8-19(9-7-12)17(21)16-10-15(16)13-2-4-14(18)5-3-13/h2-5,11-12,15-16,20H,6-10H2,1H3. The Balaban J connectivity index is 1.55. The average molecular weight is 291 g/mol. The third-order valence-electron chi connectivity index (χ3n) is 4.94. The second kappa shape index (κ2) is 5.76. The molecule has 0 spiro atoms. The molecule has 3 nitrogen and oxygen atoms in total. The maximum absolute atomic E-state index is 12.9. The van der Waals surface area contributed by atoms with Crippen LogP contribution < -0.4 is 0 Å². The van der Waals surface area contributed by atoms with E-state index in [1.165, 1.54) is 12.1 Å². The first-order valence-electron chi connectivity index (χ1n) is 7.78. The molecule has 3 rings (SSSR count). The van der Waals surface area contributed by atoms with Crippen molar-refractivity contribution in [3.05, 3.63) is 35.6 Å². The molecular formula is C17H22FNO2. The highest BCUT2D eigenvalue weighted by Gasteiger charge is 2.46. The van der Waals surface area contributed by atoms with Crippen molar-refractivity contribution in [3.8, 4) is 0 Å². The zero-order valence-corrected chi connectivity index (χ0v) is 12.3. The van der Waals surface area contributed by atoms with Crippen molar-refractivity contribution >= 4 is 5.91 Å². The Kier molecular flexibility index (Phi) is 3.98. The molecule has 4 heteroatoms. The summed E-state index contributed by atoms with van der Waals surface area (Å²) in [6, 6.07) is 6.49. The van der Waals surface area contributed by atoms with E-state index in [-0.39, 0.29) is 29.7 Å². The minimum absolute atomic E-state index is 0.0681. The van der Waals surface area contributed by atoms with Gasteiger partial charge in [-0.25, -0.2) is 4.39 Å². The number of nitrogens with zero attached hydrogens (tertiary/aromatic N) is 1. The van der Waals surface area contributed by atoms with Crippen LogP contribution in [0.3, 0.4) is 0 Å². The van der Waals surface area contributed by atoms with Crippen molar-refractivity contribution in [1.82, 2.24) is 4.90 Å². The van der Waals surface area contributed by atoms with Gasteiger partial charge in [0.2, 0.25) is 5.91 Å². The second-order valence-electron chi connectivity index (χ2n) is 6.40. The molecule has 3 atom stereocenters. The van der Waals surface area contributed by atoms with Crippen LogP contribution in [-0.2, 0) is 4.79 Å². The van der Waals surface area contributed by atoms with Crippen molar-refractivity contribution in [2.24, 2.45) is 11.8 Å². The molecule has 1 aliphatic heterocycles. The largest absolute Gasteiger partial charge is 0.393 e. The van der Waals surface area contributed by atoms with Gasteiger partial charge < -0.3 is 10.0 Å². The van der Waals surface area contributed by atoms with Crippen LogP contribution in [0.5, 0.6) is 0 Å². The van der Waals surface area contributed by atoms with Gasteiger partial charge in [0.05, 0.1) is 6.10 Å². The van der Waals surface area contributed by atoms with Gasteiger partial charge in [-0.1, -0.05) is 12.1 Å². The summed E-state index contributed by atoms with van der Waals surface area (Å²) in [5, 5.41) is 9.60. The highest BCUT2D eigenvalue weighted by atomic mass is 19.1. The first-order valence-corrected chi connectivity index (χ1v) is 7.78. The van der Waals surface area contributed by atoms with Crippen molar-refractivity contribution in [3.63, 3.8) is 0 Å². The fraction of sp³-hybridized carbons (Fsp3) is 0.588. The van der Waals surface area contributed by atoms with Crippen LogP contribution in [-0.4, -0.2) is 35.1 Å². The summed E-state index contributed by atoms with van der Waals surface area (Å²) in [5.41, 5.74) is 1.06. The number of hydrogen-bond acceptors (Lipinski definition) is 2. The summed E-state index contributed by atoms with van der Waals surface area (Å²) in [4.78, 5) is 14.4. The third kappa shape index (κ3) is 3.10. The lowest BCUT2D eigenvalue weighted by atomic mass is 9.92. The molecule has 21 heavy (non-hydrogen) atoms. The maximum Gasteiger partial charge on any atom is 0.226 e. The number of carbonyl (C=O) groups excluding carboxylic acids is 1. The number of carbonyl (C=O) groups is 1. The van der Waals surface area contributed by atoms with Crippen molar-refractivity contribution < 1.29 is 14.3 Å². The summed E-state index contributed by atoms with van der Waals surface area (Å²) >= 11 is 0. The summed E-state index contributed by atoms with van der Waals surface area (Å²) in [6.07, 6.45) is 2.37. The lowest BCUT2D eigenvalue weighted by molar-refractivity contribution is -0.134. The van der Waals surface area contributed by atoms with Gasteiger partial charge in [-0.05, 0) is 55.7 Å². The molecule has 1 aromatic carbocycles. The van der Waals surface area contributed by atoms with Crippen molar-refractivity contribution in [1.29, 1.82) is 0 Å². The molecule has 2 fully saturated rings. The lowest BCUT2D eigenvalue weighted by Gasteiger charge is -2.33. The van der Waals surface area contributed by atoms with Gasteiger partial charge in [0.1, 0.15) is 5.82 Å². The number of piperidine rings is 1. The average Bonchev–Trinajstić information content (AvgIpc) is 3.28. The summed E-state index contributed by atoms with van der Waals surface area (Å²) in [6.45, 7) is 3.33. The normalized spacial score (nSPS) is 27.5. The number of likely N-dealkylation sites (tertiary alicyclic amines) is 1. The van der Waals surface area contributed by atoms with Crippen LogP contribution in [0.1, 0.15) is 37.7 Å². The predicted octanol–water partition coefficient (Wildman–Crippen LogP) is 2.55. The number of rotatable bonds is 3. The number of amides is 1. The first-order chi connectivity index (χ1) is 10.1. The molecule has 1 saturated heterocycles. The van der Waals surface area contributed by atoms with Gasteiger partial charge in [0, 0.05) is 19.0 Å². The fourth-order valence-corrected chi connectivity index (χ4v) is 3.38. The zero-order valence-electron chi connectivity index (χ0n) is 12.3. The van der Waals surface area contributed by atoms with Crippen molar-refractivity contribution in [2.45, 2.75) is 38.2 Å². The molecule has 1 heterocycles. The van der Waals surface area contributed by atoms with Crippen LogP contribution in [0, 0.1) is 17.7 Å². The van der Waals surface area contributed by atoms with E-state index in [1.807, 2.05) is 11.8 Å². The van der Waals surface area contributed by atoms with E-state index in [4.69, 9.17) is 0 Å². The fourth-order valence-electron chi connectivity index (χ4n) is 3.38. The Hall–Kier alpha value is -1.42. The second-order valence-corrected chi connectivity index (χ2v) is 6.40. The van der Waals surface area contributed by atoms with Gasteiger partial charge in [0.25, 0.3) is 0 Å². The molecule has 3 unspecified atom stereocenters. The number of benzene rings is 1. The van der Waals surface area contributed by atoms with Gasteiger partial charge >= 0.3 is 0 Å². The molecular weight excluding hydrogens is 269 g/mol. The Morgan fingerprint density at radius 1 is 1.29 bits per heavy atom. The maximum atomic E-state index is 12.9. The summed E-state index contributed by atoms with van der Waals surface area (Å²) in [7, 11) is 0. The highest BCUT2D eigenvalue weighted by molar-refractivity contribution is 5.83. The number of aliphatic hydroxyl groups excluding tert-OH is 1. The Labute approximate surface area is 124 Å². The van der Waals surface area contributed by atoms with Gasteiger partial charge in [0.15, 0.2) is 0 Å². The lowest BCUT2D eigenvalue weighted by Crippen LogP contribution is -2.41. The van der Waals surface area contributed by atoms with Gasteiger partial charge in [-0.15, -0.1) is 0 Å². The number of hydrogen-bond donors (Lipinski definition) is 1. The minimum atomic E-state index is -0.282. The Morgan fingerprint density at radius 3 is 2.48 bits per heavy atom. The molecule has 1 amide bonds. The highest BCUT2D eigenvalue weighted by Crippen LogP contribution is 2.48. The van der Waals surface area contributed by atoms with E-state index in [0.29, 0.717) is 5.92 Å². The van der Waals surface area contributed by atoms with E-state index in [1.54, 1.807) is 12.1 Å². The van der Waals surface area contributed by atoms with E-state index < -0.39 is 0 Å². The molecule has 0 aromatic heterocycles. The van der Waals surface area contributed by atoms with Gasteiger partial charge in [-0.2, -0.15) is 0 Å². The van der Waals surface area contributed by atoms with Crippen LogP contribution >= 0.6 is 0 Å². The molecule has 2 aliphatic rings. The van der Waals surface area contributed by atoms with Crippen LogP contribution in [0.15, 0.2) is 24.3 Å². The van der Waals surface area contributed by atoms with E-state index >= 15 is 0 Å². The van der Waals surface area contributed by atoms with E-state index in [9.17, 15) is 14.3 Å². The molecule has 1 aromatic rings. The number of aliphatic hydroxyl groups is 1. The minimum Gasteiger partial charge on any atom is -0.393 e. The number of halogens is 1. The molecule has 1 saturated carbocycles.